The Balaban J connectivity index is 1.31. The van der Waals surface area contributed by atoms with Crippen LogP contribution in [-0.4, -0.2) is 58.8 Å². The van der Waals surface area contributed by atoms with Crippen LogP contribution in [0, 0.1) is 6.92 Å². The molecule has 0 aliphatic carbocycles. The van der Waals surface area contributed by atoms with Gasteiger partial charge in [0.15, 0.2) is 0 Å². The van der Waals surface area contributed by atoms with Gasteiger partial charge in [-0.25, -0.2) is 0 Å². The number of rotatable bonds is 7. The number of piperazine rings is 1. The third kappa shape index (κ3) is 6.13. The van der Waals surface area contributed by atoms with Crippen molar-refractivity contribution in [2.24, 2.45) is 0 Å². The molecular weight excluding hydrogens is 460 g/mol. The van der Waals surface area contributed by atoms with Crippen molar-refractivity contribution in [1.82, 2.24) is 19.7 Å². The second-order valence-electron chi connectivity index (χ2n) is 9.47. The van der Waals surface area contributed by atoms with Gasteiger partial charge >= 0.3 is 0 Å². The van der Waals surface area contributed by atoms with Crippen molar-refractivity contribution in [3.63, 3.8) is 0 Å². The summed E-state index contributed by atoms with van der Waals surface area (Å²) in [4.78, 5) is 21.8. The van der Waals surface area contributed by atoms with Crippen LogP contribution in [0.2, 0.25) is 0 Å². The Labute approximate surface area is 218 Å². The Bertz CT molecular complexity index is 1370. The fraction of sp³-hybridized carbons (Fsp3) is 0.233. The topological polar surface area (TPSA) is 66.3 Å². The maximum absolute atomic E-state index is 12.8. The first-order valence-electron chi connectivity index (χ1n) is 12.6. The summed E-state index contributed by atoms with van der Waals surface area (Å²) >= 11 is 0. The summed E-state index contributed by atoms with van der Waals surface area (Å²) in [6, 6.07) is 20.2. The average molecular weight is 493 g/mol. The maximum atomic E-state index is 12.8. The van der Waals surface area contributed by atoms with Gasteiger partial charge in [0, 0.05) is 73.3 Å². The van der Waals surface area contributed by atoms with Crippen LogP contribution >= 0.6 is 0 Å². The number of nitrogens with zero attached hydrogens (tertiary/aromatic N) is 5. The van der Waals surface area contributed by atoms with Crippen LogP contribution in [0.4, 0.5) is 11.4 Å². The highest BCUT2D eigenvalue weighted by molar-refractivity contribution is 6.02. The minimum atomic E-state index is -0.181. The number of aryl methyl sites for hydroxylation is 1. The maximum Gasteiger partial charge on any atom is 0.248 e. The first-order valence-corrected chi connectivity index (χ1v) is 12.6. The molecule has 0 unspecified atom stereocenters. The van der Waals surface area contributed by atoms with Gasteiger partial charge in [-0.3, -0.25) is 14.5 Å². The summed E-state index contributed by atoms with van der Waals surface area (Å²) in [7, 11) is 2.16. The number of carbonyl (C=O) groups is 1. The fourth-order valence-electron chi connectivity index (χ4n) is 4.62. The second-order valence-corrected chi connectivity index (χ2v) is 9.47. The van der Waals surface area contributed by atoms with Crippen molar-refractivity contribution >= 4 is 23.4 Å². The first kappa shape index (κ1) is 24.5. The third-order valence-electron chi connectivity index (χ3n) is 6.63. The van der Waals surface area contributed by atoms with E-state index in [-0.39, 0.29) is 5.91 Å². The summed E-state index contributed by atoms with van der Waals surface area (Å²) < 4.78 is 1.90. The largest absolute Gasteiger partial charge is 0.369 e. The normalized spacial score (nSPS) is 14.3. The van der Waals surface area contributed by atoms with Gasteiger partial charge in [0.05, 0.1) is 6.54 Å². The summed E-state index contributed by atoms with van der Waals surface area (Å²) in [5.74, 6) is -0.181. The zero-order chi connectivity index (χ0) is 25.6. The lowest BCUT2D eigenvalue weighted by molar-refractivity contribution is -0.111. The van der Waals surface area contributed by atoms with Gasteiger partial charge in [-0.2, -0.15) is 5.10 Å². The standard InChI is InChI=1S/C30H32N6O/c1-23-19-27(11-12-28(23)35-17-15-34(2)16-18-35)32-29(37)13-10-26-22-36(21-24-7-4-3-5-8-24)33-30(26)25-9-6-14-31-20-25/h3-14,19-20,22H,15-18,21H2,1-2H3,(H,32,37)/b13-10+. The number of likely N-dealkylation sites (N-methyl/N-ethyl adjacent to an activating group) is 1. The van der Waals surface area contributed by atoms with Crippen molar-refractivity contribution in [3.8, 4) is 11.3 Å². The number of pyridine rings is 1. The molecule has 0 atom stereocenters. The van der Waals surface area contributed by atoms with Gasteiger partial charge in [0.2, 0.25) is 5.91 Å². The van der Waals surface area contributed by atoms with Crippen LogP contribution < -0.4 is 10.2 Å². The van der Waals surface area contributed by atoms with E-state index in [1.807, 2.05) is 59.4 Å². The molecule has 1 aliphatic rings. The van der Waals surface area contributed by atoms with E-state index in [1.165, 1.54) is 5.69 Å². The number of hydrogen-bond donors (Lipinski definition) is 1. The van der Waals surface area contributed by atoms with E-state index in [4.69, 9.17) is 5.10 Å². The first-order chi connectivity index (χ1) is 18.0. The van der Waals surface area contributed by atoms with Crippen molar-refractivity contribution in [2.75, 3.05) is 43.4 Å². The minimum absolute atomic E-state index is 0.181. The molecule has 3 heterocycles. The molecule has 7 heteroatoms. The highest BCUT2D eigenvalue weighted by Crippen LogP contribution is 2.25. The number of amides is 1. The summed E-state index contributed by atoms with van der Waals surface area (Å²) in [5, 5.41) is 7.80. The lowest BCUT2D eigenvalue weighted by Gasteiger charge is -2.35. The predicted octanol–water partition coefficient (Wildman–Crippen LogP) is 4.71. The molecule has 0 radical (unpaired) electrons. The minimum Gasteiger partial charge on any atom is -0.369 e. The Hall–Kier alpha value is -4.23. The van der Waals surface area contributed by atoms with E-state index < -0.39 is 0 Å². The molecule has 5 rings (SSSR count). The van der Waals surface area contributed by atoms with Gasteiger partial charge < -0.3 is 15.1 Å². The molecule has 2 aromatic heterocycles. The van der Waals surface area contributed by atoms with Crippen LogP contribution in [0.5, 0.6) is 0 Å². The van der Waals surface area contributed by atoms with Crippen LogP contribution in [0.3, 0.4) is 0 Å². The second kappa shape index (κ2) is 11.2. The zero-order valence-electron chi connectivity index (χ0n) is 21.3. The monoisotopic (exact) mass is 492 g/mol. The molecule has 1 amide bonds. The summed E-state index contributed by atoms with van der Waals surface area (Å²) in [6.45, 7) is 6.90. The quantitative estimate of drug-likeness (QED) is 0.379. The molecule has 1 aliphatic heterocycles. The smallest absolute Gasteiger partial charge is 0.248 e. The van der Waals surface area contributed by atoms with E-state index in [0.29, 0.717) is 6.54 Å². The predicted molar refractivity (Wildman–Crippen MR) is 150 cm³/mol. The molecule has 0 saturated carbocycles. The number of benzene rings is 2. The molecule has 37 heavy (non-hydrogen) atoms. The number of nitrogens with one attached hydrogen (secondary N) is 1. The molecule has 1 fully saturated rings. The Morgan fingerprint density at radius 1 is 1.03 bits per heavy atom. The van der Waals surface area contributed by atoms with Crippen molar-refractivity contribution < 1.29 is 4.79 Å². The molecule has 1 saturated heterocycles. The molecule has 4 aromatic rings. The Kier molecular flexibility index (Phi) is 7.42. The van der Waals surface area contributed by atoms with Crippen molar-refractivity contribution in [3.05, 3.63) is 102 Å². The van der Waals surface area contributed by atoms with E-state index in [9.17, 15) is 4.79 Å². The molecule has 2 aromatic carbocycles. The lowest BCUT2D eigenvalue weighted by Crippen LogP contribution is -2.44. The van der Waals surface area contributed by atoms with Crippen molar-refractivity contribution in [2.45, 2.75) is 13.5 Å². The highest BCUT2D eigenvalue weighted by atomic mass is 16.1. The van der Waals surface area contributed by atoms with E-state index >= 15 is 0 Å². The molecule has 1 N–H and O–H groups in total. The van der Waals surface area contributed by atoms with Gasteiger partial charge in [-0.05, 0) is 61.5 Å². The average Bonchev–Trinajstić information content (AvgIpc) is 3.32. The SMILES string of the molecule is Cc1cc(NC(=O)/C=C/c2cn(Cc3ccccc3)nc2-c2cccnc2)ccc1N1CCN(C)CC1. The Morgan fingerprint density at radius 2 is 1.84 bits per heavy atom. The van der Waals surface area contributed by atoms with Crippen LogP contribution in [-0.2, 0) is 11.3 Å². The molecule has 7 nitrogen and oxygen atoms in total. The number of carbonyl (C=O) groups excluding carboxylic acids is 1. The van der Waals surface area contributed by atoms with Crippen LogP contribution in [0.15, 0.2) is 85.3 Å². The highest BCUT2D eigenvalue weighted by Gasteiger charge is 2.16. The third-order valence-corrected chi connectivity index (χ3v) is 6.63. The number of anilines is 2. The van der Waals surface area contributed by atoms with Gasteiger partial charge in [-0.15, -0.1) is 0 Å². The molecule has 188 valence electrons. The number of aromatic nitrogens is 3. The fourth-order valence-corrected chi connectivity index (χ4v) is 4.62. The molecule has 0 spiro atoms. The zero-order valence-corrected chi connectivity index (χ0v) is 21.3. The van der Waals surface area contributed by atoms with E-state index in [0.717, 1.165) is 59.8 Å². The van der Waals surface area contributed by atoms with E-state index in [1.54, 1.807) is 18.5 Å². The van der Waals surface area contributed by atoms with Crippen molar-refractivity contribution in [1.29, 1.82) is 0 Å². The van der Waals surface area contributed by atoms with Crippen LogP contribution in [0.1, 0.15) is 16.7 Å². The van der Waals surface area contributed by atoms with Gasteiger partial charge in [-0.1, -0.05) is 30.3 Å². The molecule has 0 bridgehead atoms. The van der Waals surface area contributed by atoms with Gasteiger partial charge in [0.25, 0.3) is 0 Å². The Morgan fingerprint density at radius 3 is 2.57 bits per heavy atom. The van der Waals surface area contributed by atoms with Crippen LogP contribution in [0.25, 0.3) is 17.3 Å². The summed E-state index contributed by atoms with van der Waals surface area (Å²) in [6.07, 6.45) is 8.88. The number of hydrogen-bond acceptors (Lipinski definition) is 5. The van der Waals surface area contributed by atoms with Gasteiger partial charge in [0.1, 0.15) is 5.69 Å². The molecular formula is C30H32N6O. The lowest BCUT2D eigenvalue weighted by atomic mass is 10.1. The van der Waals surface area contributed by atoms with E-state index in [2.05, 4.69) is 52.3 Å². The summed E-state index contributed by atoms with van der Waals surface area (Å²) in [5.41, 5.74) is 6.90.